The van der Waals surface area contributed by atoms with Gasteiger partial charge in [0.05, 0.1) is 17.3 Å². The number of ether oxygens (including phenoxy) is 1. The SMILES string of the molecule is O=C(c1cccc(CS(=O)(=O)c2ccccc2)c1)N1CCC(COc2ccccc2)CC1. The second-order valence-electron chi connectivity index (χ2n) is 8.13. The van der Waals surface area contributed by atoms with Gasteiger partial charge in [-0.2, -0.15) is 0 Å². The smallest absolute Gasteiger partial charge is 0.253 e. The average molecular weight is 450 g/mol. The Balaban J connectivity index is 1.34. The Morgan fingerprint density at radius 3 is 2.22 bits per heavy atom. The normalized spacial score (nSPS) is 14.8. The lowest BCUT2D eigenvalue weighted by Gasteiger charge is -2.32. The van der Waals surface area contributed by atoms with Gasteiger partial charge in [0.15, 0.2) is 9.84 Å². The molecule has 0 aliphatic carbocycles. The van der Waals surface area contributed by atoms with E-state index in [1.54, 1.807) is 54.6 Å². The molecule has 0 N–H and O–H groups in total. The zero-order valence-electron chi connectivity index (χ0n) is 17.9. The largest absolute Gasteiger partial charge is 0.493 e. The maximum atomic E-state index is 13.0. The summed E-state index contributed by atoms with van der Waals surface area (Å²) < 4.78 is 31.2. The van der Waals surface area contributed by atoms with Crippen molar-refractivity contribution >= 4 is 15.7 Å². The topological polar surface area (TPSA) is 63.7 Å². The van der Waals surface area contributed by atoms with Gasteiger partial charge in [-0.3, -0.25) is 4.79 Å². The number of hydrogen-bond acceptors (Lipinski definition) is 4. The molecule has 166 valence electrons. The summed E-state index contributed by atoms with van der Waals surface area (Å²) in [7, 11) is -3.46. The molecule has 0 unspecified atom stereocenters. The number of benzene rings is 3. The van der Waals surface area contributed by atoms with Gasteiger partial charge in [0.25, 0.3) is 5.91 Å². The minimum atomic E-state index is -3.46. The van der Waals surface area contributed by atoms with Gasteiger partial charge in [-0.05, 0) is 60.7 Å². The molecule has 6 heteroatoms. The van der Waals surface area contributed by atoms with Gasteiger partial charge in [-0.1, -0.05) is 48.5 Å². The molecule has 1 fully saturated rings. The van der Waals surface area contributed by atoms with Crippen LogP contribution >= 0.6 is 0 Å². The maximum absolute atomic E-state index is 13.0. The Morgan fingerprint density at radius 2 is 1.53 bits per heavy atom. The molecule has 1 amide bonds. The minimum Gasteiger partial charge on any atom is -0.493 e. The van der Waals surface area contributed by atoms with Gasteiger partial charge in [-0.25, -0.2) is 8.42 Å². The van der Waals surface area contributed by atoms with Crippen LogP contribution in [0.4, 0.5) is 0 Å². The van der Waals surface area contributed by atoms with E-state index in [0.717, 1.165) is 18.6 Å². The maximum Gasteiger partial charge on any atom is 0.253 e. The Kier molecular flexibility index (Phi) is 6.90. The molecular formula is C26H27NO4S. The molecule has 0 spiro atoms. The molecule has 1 aliphatic heterocycles. The van der Waals surface area contributed by atoms with E-state index in [-0.39, 0.29) is 16.6 Å². The third kappa shape index (κ3) is 5.56. The second kappa shape index (κ2) is 10.0. The Labute approximate surface area is 189 Å². The summed E-state index contributed by atoms with van der Waals surface area (Å²) in [5.74, 6) is 1.11. The summed E-state index contributed by atoms with van der Waals surface area (Å²) in [4.78, 5) is 15.2. The number of carbonyl (C=O) groups is 1. The number of likely N-dealkylation sites (tertiary alicyclic amines) is 1. The minimum absolute atomic E-state index is 0.0496. The Bertz CT molecular complexity index is 1140. The first-order chi connectivity index (χ1) is 15.5. The van der Waals surface area contributed by atoms with Gasteiger partial charge in [-0.15, -0.1) is 0 Å². The van der Waals surface area contributed by atoms with Crippen LogP contribution < -0.4 is 4.74 Å². The highest BCUT2D eigenvalue weighted by Gasteiger charge is 2.24. The predicted molar refractivity (Wildman–Crippen MR) is 124 cm³/mol. The zero-order chi connectivity index (χ0) is 22.4. The van der Waals surface area contributed by atoms with Crippen molar-refractivity contribution in [2.45, 2.75) is 23.5 Å². The van der Waals surface area contributed by atoms with E-state index in [1.807, 2.05) is 35.2 Å². The molecule has 0 radical (unpaired) electrons. The summed E-state index contributed by atoms with van der Waals surface area (Å²) in [6.07, 6.45) is 1.78. The highest BCUT2D eigenvalue weighted by atomic mass is 32.2. The second-order valence-corrected chi connectivity index (χ2v) is 10.1. The van der Waals surface area contributed by atoms with E-state index >= 15 is 0 Å². The first kappa shape index (κ1) is 22.1. The van der Waals surface area contributed by atoms with E-state index in [1.165, 1.54) is 0 Å². The number of piperidine rings is 1. The molecule has 4 rings (SSSR count). The third-order valence-corrected chi connectivity index (χ3v) is 7.47. The molecule has 0 aromatic heterocycles. The van der Waals surface area contributed by atoms with Gasteiger partial charge >= 0.3 is 0 Å². The fourth-order valence-corrected chi connectivity index (χ4v) is 5.30. The van der Waals surface area contributed by atoms with Crippen LogP contribution in [0.1, 0.15) is 28.8 Å². The molecule has 0 bridgehead atoms. The summed E-state index contributed by atoms with van der Waals surface area (Å²) in [5.41, 5.74) is 1.15. The summed E-state index contributed by atoms with van der Waals surface area (Å²) in [6, 6.07) is 25.1. The summed E-state index contributed by atoms with van der Waals surface area (Å²) in [6.45, 7) is 2.00. The van der Waals surface area contributed by atoms with Crippen molar-refractivity contribution in [2.75, 3.05) is 19.7 Å². The van der Waals surface area contributed by atoms with Gasteiger partial charge in [0.2, 0.25) is 0 Å². The van der Waals surface area contributed by atoms with Gasteiger partial charge in [0.1, 0.15) is 5.75 Å². The van der Waals surface area contributed by atoms with Crippen LogP contribution in [0.15, 0.2) is 89.8 Å². The monoisotopic (exact) mass is 449 g/mol. The fourth-order valence-electron chi connectivity index (χ4n) is 3.94. The van der Waals surface area contributed by atoms with E-state index in [0.29, 0.717) is 36.7 Å². The average Bonchev–Trinajstić information content (AvgIpc) is 2.84. The lowest BCUT2D eigenvalue weighted by Crippen LogP contribution is -2.39. The van der Waals surface area contributed by atoms with E-state index in [9.17, 15) is 13.2 Å². The fraction of sp³-hybridized carbons (Fsp3) is 0.269. The van der Waals surface area contributed by atoms with Gasteiger partial charge < -0.3 is 9.64 Å². The first-order valence-electron chi connectivity index (χ1n) is 10.9. The number of hydrogen-bond donors (Lipinski definition) is 0. The Hall–Kier alpha value is -3.12. The lowest BCUT2D eigenvalue weighted by atomic mass is 9.97. The molecule has 1 aliphatic rings. The molecule has 3 aromatic rings. The van der Waals surface area contributed by atoms with Crippen molar-refractivity contribution in [2.24, 2.45) is 5.92 Å². The Morgan fingerprint density at radius 1 is 0.875 bits per heavy atom. The number of para-hydroxylation sites is 1. The van der Waals surface area contributed by atoms with Crippen LogP contribution in [-0.4, -0.2) is 38.9 Å². The highest BCUT2D eigenvalue weighted by Crippen LogP contribution is 2.22. The van der Waals surface area contributed by atoms with Crippen LogP contribution in [0.3, 0.4) is 0 Å². The molecule has 1 saturated heterocycles. The zero-order valence-corrected chi connectivity index (χ0v) is 18.7. The summed E-state index contributed by atoms with van der Waals surface area (Å²) in [5, 5.41) is 0. The number of amides is 1. The van der Waals surface area contributed by atoms with E-state index in [4.69, 9.17) is 4.74 Å². The van der Waals surface area contributed by atoms with Crippen LogP contribution in [0.5, 0.6) is 5.75 Å². The van der Waals surface area contributed by atoms with E-state index in [2.05, 4.69) is 0 Å². The summed E-state index contributed by atoms with van der Waals surface area (Å²) >= 11 is 0. The van der Waals surface area contributed by atoms with Gasteiger partial charge in [0, 0.05) is 18.7 Å². The van der Waals surface area contributed by atoms with Crippen LogP contribution in [-0.2, 0) is 15.6 Å². The molecule has 32 heavy (non-hydrogen) atoms. The standard InChI is InChI=1S/C26H27NO4S/c28-26(27-16-14-21(15-17-27)19-31-24-10-3-1-4-11-24)23-9-7-8-22(18-23)20-32(29,30)25-12-5-2-6-13-25/h1-13,18,21H,14-17,19-20H2. The van der Waals surface area contributed by atoms with Crippen molar-refractivity contribution < 1.29 is 17.9 Å². The van der Waals surface area contributed by atoms with Crippen molar-refractivity contribution in [3.8, 4) is 5.75 Å². The number of sulfone groups is 1. The third-order valence-electron chi connectivity index (χ3n) is 5.76. The van der Waals surface area contributed by atoms with Crippen LogP contribution in [0.2, 0.25) is 0 Å². The quantitative estimate of drug-likeness (QED) is 0.529. The van der Waals surface area contributed by atoms with Crippen molar-refractivity contribution in [3.05, 3.63) is 96.1 Å². The predicted octanol–water partition coefficient (Wildman–Crippen LogP) is 4.59. The molecule has 5 nitrogen and oxygen atoms in total. The lowest BCUT2D eigenvalue weighted by molar-refractivity contribution is 0.0661. The van der Waals surface area contributed by atoms with Crippen molar-refractivity contribution in [1.29, 1.82) is 0 Å². The molecule has 0 saturated carbocycles. The number of nitrogens with zero attached hydrogens (tertiary/aromatic N) is 1. The first-order valence-corrected chi connectivity index (χ1v) is 12.5. The van der Waals surface area contributed by atoms with E-state index < -0.39 is 9.84 Å². The number of rotatable bonds is 7. The highest BCUT2D eigenvalue weighted by molar-refractivity contribution is 7.90. The molecule has 0 atom stereocenters. The van der Waals surface area contributed by atoms with Crippen molar-refractivity contribution in [1.82, 2.24) is 4.90 Å². The molecule has 3 aromatic carbocycles. The van der Waals surface area contributed by atoms with Crippen LogP contribution in [0, 0.1) is 5.92 Å². The molecular weight excluding hydrogens is 422 g/mol. The number of carbonyl (C=O) groups excluding carboxylic acids is 1. The van der Waals surface area contributed by atoms with Crippen LogP contribution in [0.25, 0.3) is 0 Å². The molecule has 1 heterocycles. The van der Waals surface area contributed by atoms with Crippen molar-refractivity contribution in [3.63, 3.8) is 0 Å².